The summed E-state index contributed by atoms with van der Waals surface area (Å²) < 4.78 is 0. The SMILES string of the molecule is CCC1NC(=O)C(=O)NC1=O. The van der Waals surface area contributed by atoms with Crippen molar-refractivity contribution in [1.82, 2.24) is 10.6 Å². The number of piperazine rings is 1. The molecule has 5 heteroatoms. The van der Waals surface area contributed by atoms with E-state index in [-0.39, 0.29) is 0 Å². The van der Waals surface area contributed by atoms with Crippen LogP contribution in [0.3, 0.4) is 0 Å². The molecule has 60 valence electrons. The Labute approximate surface area is 63.1 Å². The summed E-state index contributed by atoms with van der Waals surface area (Å²) in [6, 6.07) is -0.555. The van der Waals surface area contributed by atoms with Crippen molar-refractivity contribution in [3.63, 3.8) is 0 Å². The monoisotopic (exact) mass is 156 g/mol. The molecule has 11 heavy (non-hydrogen) atoms. The minimum atomic E-state index is -0.875. The van der Waals surface area contributed by atoms with Gasteiger partial charge in [0.15, 0.2) is 0 Å². The van der Waals surface area contributed by atoms with Gasteiger partial charge in [-0.2, -0.15) is 0 Å². The fourth-order valence-corrected chi connectivity index (χ4v) is 0.833. The standard InChI is InChI=1S/C6H8N2O3/c1-2-3-4(9)8-6(11)5(10)7-3/h3H,2H2,1H3,(H,7,10)(H,8,9,11). The Bertz CT molecular complexity index is 224. The molecule has 1 aliphatic rings. The molecule has 0 bridgehead atoms. The lowest BCUT2D eigenvalue weighted by Crippen LogP contribution is -2.59. The predicted molar refractivity (Wildman–Crippen MR) is 35.4 cm³/mol. The minimum Gasteiger partial charge on any atom is -0.336 e. The highest BCUT2D eigenvalue weighted by Gasteiger charge is 2.30. The van der Waals surface area contributed by atoms with Crippen LogP contribution in [0.5, 0.6) is 0 Å². The molecule has 0 aromatic carbocycles. The maximum atomic E-state index is 10.8. The maximum Gasteiger partial charge on any atom is 0.315 e. The molecule has 1 unspecified atom stereocenters. The Morgan fingerprint density at radius 3 is 2.45 bits per heavy atom. The van der Waals surface area contributed by atoms with E-state index in [0.717, 1.165) is 0 Å². The van der Waals surface area contributed by atoms with Crippen LogP contribution in [0, 0.1) is 0 Å². The van der Waals surface area contributed by atoms with E-state index in [1.165, 1.54) is 0 Å². The Morgan fingerprint density at radius 2 is 1.91 bits per heavy atom. The first-order valence-electron chi connectivity index (χ1n) is 3.31. The largest absolute Gasteiger partial charge is 0.336 e. The Kier molecular flexibility index (Phi) is 1.89. The molecule has 5 nitrogen and oxygen atoms in total. The van der Waals surface area contributed by atoms with E-state index in [4.69, 9.17) is 0 Å². The zero-order valence-corrected chi connectivity index (χ0v) is 6.01. The van der Waals surface area contributed by atoms with Crippen molar-refractivity contribution in [2.45, 2.75) is 19.4 Å². The number of amides is 3. The van der Waals surface area contributed by atoms with Gasteiger partial charge in [-0.05, 0) is 6.42 Å². The summed E-state index contributed by atoms with van der Waals surface area (Å²) in [6.07, 6.45) is 0.491. The number of rotatable bonds is 1. The van der Waals surface area contributed by atoms with E-state index in [0.29, 0.717) is 6.42 Å². The van der Waals surface area contributed by atoms with E-state index in [1.54, 1.807) is 6.92 Å². The molecule has 1 aliphatic heterocycles. The number of nitrogens with one attached hydrogen (secondary N) is 2. The van der Waals surface area contributed by atoms with Gasteiger partial charge < -0.3 is 5.32 Å². The molecule has 0 radical (unpaired) electrons. The predicted octanol–water partition coefficient (Wildman–Crippen LogP) is -1.46. The molecule has 1 fully saturated rings. The average molecular weight is 156 g/mol. The first-order valence-corrected chi connectivity index (χ1v) is 3.31. The van der Waals surface area contributed by atoms with E-state index < -0.39 is 23.8 Å². The van der Waals surface area contributed by atoms with Gasteiger partial charge in [-0.15, -0.1) is 0 Å². The molecule has 2 N–H and O–H groups in total. The summed E-state index contributed by atoms with van der Waals surface area (Å²) in [7, 11) is 0. The van der Waals surface area contributed by atoms with E-state index in [1.807, 2.05) is 5.32 Å². The van der Waals surface area contributed by atoms with Gasteiger partial charge in [0, 0.05) is 0 Å². The summed E-state index contributed by atoms with van der Waals surface area (Å²) >= 11 is 0. The maximum absolute atomic E-state index is 10.8. The van der Waals surface area contributed by atoms with Crippen molar-refractivity contribution in [3.05, 3.63) is 0 Å². The van der Waals surface area contributed by atoms with Crippen LogP contribution >= 0.6 is 0 Å². The molecule has 1 atom stereocenters. The molecule has 1 rings (SSSR count). The van der Waals surface area contributed by atoms with Crippen LogP contribution in [-0.4, -0.2) is 23.8 Å². The topological polar surface area (TPSA) is 75.3 Å². The Morgan fingerprint density at radius 1 is 1.27 bits per heavy atom. The quantitative estimate of drug-likeness (QED) is 0.360. The molecule has 0 aliphatic carbocycles. The van der Waals surface area contributed by atoms with Gasteiger partial charge in [0.05, 0.1) is 0 Å². The highest BCUT2D eigenvalue weighted by molar-refractivity contribution is 6.40. The van der Waals surface area contributed by atoms with Crippen LogP contribution in [-0.2, 0) is 14.4 Å². The Balaban J connectivity index is 2.69. The van der Waals surface area contributed by atoms with Crippen LogP contribution < -0.4 is 10.6 Å². The molecular weight excluding hydrogens is 148 g/mol. The van der Waals surface area contributed by atoms with Crippen molar-refractivity contribution < 1.29 is 14.4 Å². The zero-order valence-electron chi connectivity index (χ0n) is 6.01. The van der Waals surface area contributed by atoms with Gasteiger partial charge in [0.1, 0.15) is 6.04 Å². The van der Waals surface area contributed by atoms with Gasteiger partial charge >= 0.3 is 11.8 Å². The highest BCUT2D eigenvalue weighted by atomic mass is 16.2. The van der Waals surface area contributed by atoms with Crippen molar-refractivity contribution >= 4 is 17.7 Å². The number of imide groups is 1. The van der Waals surface area contributed by atoms with Crippen LogP contribution in [0.2, 0.25) is 0 Å². The highest BCUT2D eigenvalue weighted by Crippen LogP contribution is 1.95. The van der Waals surface area contributed by atoms with Crippen LogP contribution in [0.1, 0.15) is 13.3 Å². The smallest absolute Gasteiger partial charge is 0.315 e. The van der Waals surface area contributed by atoms with Crippen LogP contribution in [0.25, 0.3) is 0 Å². The van der Waals surface area contributed by atoms with Crippen LogP contribution in [0.4, 0.5) is 0 Å². The fraction of sp³-hybridized carbons (Fsp3) is 0.500. The summed E-state index contributed by atoms with van der Waals surface area (Å²) in [4.78, 5) is 32.0. The first kappa shape index (κ1) is 7.71. The zero-order chi connectivity index (χ0) is 8.43. The number of carbonyl (C=O) groups is 3. The molecular formula is C6H8N2O3. The second-order valence-corrected chi connectivity index (χ2v) is 2.25. The summed E-state index contributed by atoms with van der Waals surface area (Å²) in [5.74, 6) is -2.05. The lowest BCUT2D eigenvalue weighted by Gasteiger charge is -2.19. The van der Waals surface area contributed by atoms with E-state index in [9.17, 15) is 14.4 Å². The summed E-state index contributed by atoms with van der Waals surface area (Å²) in [5, 5.41) is 4.21. The molecule has 0 saturated carbocycles. The molecule has 0 aromatic rings. The number of hydrogen-bond donors (Lipinski definition) is 2. The summed E-state index contributed by atoms with van der Waals surface area (Å²) in [6.45, 7) is 1.75. The van der Waals surface area contributed by atoms with Gasteiger partial charge in [0.2, 0.25) is 5.91 Å². The van der Waals surface area contributed by atoms with E-state index >= 15 is 0 Å². The fourth-order valence-electron chi connectivity index (χ4n) is 0.833. The molecule has 1 heterocycles. The number of carbonyl (C=O) groups excluding carboxylic acids is 3. The second kappa shape index (κ2) is 2.69. The molecule has 1 saturated heterocycles. The van der Waals surface area contributed by atoms with E-state index in [2.05, 4.69) is 5.32 Å². The van der Waals surface area contributed by atoms with Crippen molar-refractivity contribution in [2.75, 3.05) is 0 Å². The second-order valence-electron chi connectivity index (χ2n) is 2.25. The van der Waals surface area contributed by atoms with Crippen LogP contribution in [0.15, 0.2) is 0 Å². The van der Waals surface area contributed by atoms with Gasteiger partial charge in [-0.25, -0.2) is 0 Å². The molecule has 3 amide bonds. The first-order chi connectivity index (χ1) is 5.15. The van der Waals surface area contributed by atoms with Gasteiger partial charge in [-0.3, -0.25) is 19.7 Å². The molecule has 0 spiro atoms. The third-order valence-electron chi connectivity index (χ3n) is 1.47. The van der Waals surface area contributed by atoms with Crippen molar-refractivity contribution in [2.24, 2.45) is 0 Å². The molecule has 0 aromatic heterocycles. The third kappa shape index (κ3) is 1.36. The van der Waals surface area contributed by atoms with Crippen molar-refractivity contribution in [3.8, 4) is 0 Å². The average Bonchev–Trinajstić information content (AvgIpc) is 1.97. The normalized spacial score (nSPS) is 24.5. The number of hydrogen-bond acceptors (Lipinski definition) is 3. The third-order valence-corrected chi connectivity index (χ3v) is 1.47. The Hall–Kier alpha value is -1.39. The lowest BCUT2D eigenvalue weighted by molar-refractivity contribution is -0.147. The lowest BCUT2D eigenvalue weighted by atomic mass is 10.2. The van der Waals surface area contributed by atoms with Crippen molar-refractivity contribution in [1.29, 1.82) is 0 Å². The minimum absolute atomic E-state index is 0.433. The summed E-state index contributed by atoms with van der Waals surface area (Å²) in [5.41, 5.74) is 0. The van der Waals surface area contributed by atoms with Gasteiger partial charge in [0.25, 0.3) is 0 Å². The van der Waals surface area contributed by atoms with Gasteiger partial charge in [-0.1, -0.05) is 6.92 Å².